The number of oxazole rings is 1. The van der Waals surface area contributed by atoms with Gasteiger partial charge in [0.1, 0.15) is 17.6 Å². The molecule has 1 unspecified atom stereocenters. The first-order chi connectivity index (χ1) is 5.52. The van der Waals surface area contributed by atoms with E-state index in [1.807, 2.05) is 0 Å². The van der Waals surface area contributed by atoms with Gasteiger partial charge in [-0.1, -0.05) is 0 Å². The molecule has 1 rings (SSSR count). The van der Waals surface area contributed by atoms with Gasteiger partial charge in [-0.25, -0.2) is 13.8 Å². The van der Waals surface area contributed by atoms with Crippen molar-refractivity contribution in [1.29, 1.82) is 0 Å². The Kier molecular flexibility index (Phi) is 2.42. The van der Waals surface area contributed by atoms with E-state index in [0.717, 1.165) is 0 Å². The average molecular weight is 177 g/mol. The Morgan fingerprint density at radius 3 is 2.33 bits per heavy atom. The Morgan fingerprint density at radius 2 is 2.08 bits per heavy atom. The lowest BCUT2D eigenvalue weighted by molar-refractivity contribution is 0.144. The molecule has 1 N–H and O–H groups in total. The van der Waals surface area contributed by atoms with Gasteiger partial charge in [0.15, 0.2) is 0 Å². The van der Waals surface area contributed by atoms with Crippen LogP contribution >= 0.6 is 0 Å². The minimum atomic E-state index is -2.65. The van der Waals surface area contributed by atoms with Crippen LogP contribution in [0.2, 0.25) is 0 Å². The van der Waals surface area contributed by atoms with Gasteiger partial charge in [0.2, 0.25) is 5.89 Å². The number of hydrogen-bond acceptors (Lipinski definition) is 3. The van der Waals surface area contributed by atoms with Crippen LogP contribution in [0.3, 0.4) is 0 Å². The lowest BCUT2D eigenvalue weighted by Gasteiger charge is -1.93. The maximum atomic E-state index is 12.1. The highest BCUT2D eigenvalue weighted by Gasteiger charge is 2.19. The van der Waals surface area contributed by atoms with Crippen molar-refractivity contribution in [3.63, 3.8) is 0 Å². The molecule has 0 saturated heterocycles. The highest BCUT2D eigenvalue weighted by molar-refractivity contribution is 5.10. The van der Waals surface area contributed by atoms with Crippen LogP contribution in [-0.4, -0.2) is 10.1 Å². The molecule has 0 amide bonds. The standard InChI is InChI=1S/C7H9F2NO2/c1-3(11)7-10-5(6(8)9)4(2)12-7/h3,6,11H,1-2H3. The van der Waals surface area contributed by atoms with Gasteiger partial charge in [0.25, 0.3) is 6.43 Å². The van der Waals surface area contributed by atoms with Crippen molar-refractivity contribution in [2.45, 2.75) is 26.4 Å². The number of alkyl halides is 2. The molecule has 68 valence electrons. The molecular formula is C7H9F2NO2. The third-order valence-corrected chi connectivity index (χ3v) is 1.41. The molecule has 1 aromatic rings. The highest BCUT2D eigenvalue weighted by atomic mass is 19.3. The first-order valence-corrected chi connectivity index (χ1v) is 3.45. The molecule has 0 saturated carbocycles. The zero-order chi connectivity index (χ0) is 9.30. The van der Waals surface area contributed by atoms with Gasteiger partial charge in [0.05, 0.1) is 0 Å². The third kappa shape index (κ3) is 1.61. The predicted molar refractivity (Wildman–Crippen MR) is 36.8 cm³/mol. The monoisotopic (exact) mass is 177 g/mol. The number of aryl methyl sites for hydroxylation is 1. The Balaban J connectivity index is 3.00. The van der Waals surface area contributed by atoms with Crippen LogP contribution in [0.4, 0.5) is 8.78 Å². The third-order valence-electron chi connectivity index (χ3n) is 1.41. The molecule has 1 aromatic heterocycles. The van der Waals surface area contributed by atoms with Crippen molar-refractivity contribution in [1.82, 2.24) is 4.98 Å². The number of aliphatic hydroxyl groups excluding tert-OH is 1. The van der Waals surface area contributed by atoms with Gasteiger partial charge in [0, 0.05) is 0 Å². The zero-order valence-electron chi connectivity index (χ0n) is 6.71. The van der Waals surface area contributed by atoms with Crippen molar-refractivity contribution in [2.75, 3.05) is 0 Å². The van der Waals surface area contributed by atoms with E-state index in [-0.39, 0.29) is 11.7 Å². The number of aromatic nitrogens is 1. The fourth-order valence-electron chi connectivity index (χ4n) is 0.811. The van der Waals surface area contributed by atoms with Crippen molar-refractivity contribution >= 4 is 0 Å². The van der Waals surface area contributed by atoms with Gasteiger partial charge in [-0.3, -0.25) is 0 Å². The molecule has 3 nitrogen and oxygen atoms in total. The molecule has 12 heavy (non-hydrogen) atoms. The molecule has 0 aromatic carbocycles. The van der Waals surface area contributed by atoms with Crippen LogP contribution in [0, 0.1) is 6.92 Å². The lowest BCUT2D eigenvalue weighted by Crippen LogP contribution is -1.92. The second-order valence-corrected chi connectivity index (χ2v) is 2.47. The summed E-state index contributed by atoms with van der Waals surface area (Å²) in [7, 11) is 0. The molecule has 1 heterocycles. The molecule has 0 bridgehead atoms. The maximum absolute atomic E-state index is 12.1. The summed E-state index contributed by atoms with van der Waals surface area (Å²) >= 11 is 0. The number of nitrogens with zero attached hydrogens (tertiary/aromatic N) is 1. The predicted octanol–water partition coefficient (Wildman–Crippen LogP) is 1.97. The van der Waals surface area contributed by atoms with Crippen LogP contribution in [-0.2, 0) is 0 Å². The highest BCUT2D eigenvalue weighted by Crippen LogP contribution is 2.24. The average Bonchev–Trinajstić information content (AvgIpc) is 2.30. The van der Waals surface area contributed by atoms with Gasteiger partial charge < -0.3 is 9.52 Å². The molecule has 0 spiro atoms. The molecule has 0 aliphatic heterocycles. The lowest BCUT2D eigenvalue weighted by atomic mass is 10.4. The van der Waals surface area contributed by atoms with E-state index in [1.165, 1.54) is 13.8 Å². The number of aliphatic hydroxyl groups is 1. The van der Waals surface area contributed by atoms with Crippen LogP contribution in [0.15, 0.2) is 4.42 Å². The van der Waals surface area contributed by atoms with Gasteiger partial charge >= 0.3 is 0 Å². The second-order valence-electron chi connectivity index (χ2n) is 2.47. The van der Waals surface area contributed by atoms with E-state index >= 15 is 0 Å². The molecule has 0 radical (unpaired) electrons. The number of rotatable bonds is 2. The SMILES string of the molecule is Cc1oc(C(C)O)nc1C(F)F. The summed E-state index contributed by atoms with van der Waals surface area (Å²) in [5.74, 6) is -0.0105. The summed E-state index contributed by atoms with van der Waals surface area (Å²) in [6.07, 6.45) is -3.60. The fourth-order valence-corrected chi connectivity index (χ4v) is 0.811. The maximum Gasteiger partial charge on any atom is 0.283 e. The second kappa shape index (κ2) is 3.18. The van der Waals surface area contributed by atoms with Crippen LogP contribution in [0.1, 0.15) is 36.8 Å². The van der Waals surface area contributed by atoms with Crippen molar-refractivity contribution in [2.24, 2.45) is 0 Å². The summed E-state index contributed by atoms with van der Waals surface area (Å²) in [6.45, 7) is 2.79. The summed E-state index contributed by atoms with van der Waals surface area (Å²) in [6, 6.07) is 0. The largest absolute Gasteiger partial charge is 0.443 e. The topological polar surface area (TPSA) is 46.3 Å². The number of hydrogen-bond donors (Lipinski definition) is 1. The van der Waals surface area contributed by atoms with E-state index in [1.54, 1.807) is 0 Å². The van der Waals surface area contributed by atoms with Gasteiger partial charge in [-0.15, -0.1) is 0 Å². The molecule has 0 aliphatic rings. The normalized spacial score (nSPS) is 13.8. The van der Waals surface area contributed by atoms with Crippen LogP contribution in [0.25, 0.3) is 0 Å². The molecule has 5 heteroatoms. The smallest absolute Gasteiger partial charge is 0.283 e. The Morgan fingerprint density at radius 1 is 1.50 bits per heavy atom. The van der Waals surface area contributed by atoms with Crippen LogP contribution in [0.5, 0.6) is 0 Å². The molecular weight excluding hydrogens is 168 g/mol. The van der Waals surface area contributed by atoms with E-state index in [2.05, 4.69) is 4.98 Å². The fraction of sp³-hybridized carbons (Fsp3) is 0.571. The minimum absolute atomic E-state index is 0.0564. The van der Waals surface area contributed by atoms with E-state index in [4.69, 9.17) is 9.52 Å². The quantitative estimate of drug-likeness (QED) is 0.751. The summed E-state index contributed by atoms with van der Waals surface area (Å²) < 4.78 is 29.0. The van der Waals surface area contributed by atoms with E-state index in [9.17, 15) is 8.78 Å². The van der Waals surface area contributed by atoms with Crippen molar-refractivity contribution in [3.8, 4) is 0 Å². The Labute approximate surface area is 68.0 Å². The number of halogens is 2. The van der Waals surface area contributed by atoms with Gasteiger partial charge in [-0.05, 0) is 13.8 Å². The Bertz CT molecular complexity index is 270. The van der Waals surface area contributed by atoms with E-state index in [0.29, 0.717) is 0 Å². The zero-order valence-corrected chi connectivity index (χ0v) is 6.71. The van der Waals surface area contributed by atoms with Crippen molar-refractivity contribution < 1.29 is 18.3 Å². The molecule has 0 aliphatic carbocycles. The minimum Gasteiger partial charge on any atom is -0.443 e. The summed E-state index contributed by atoms with van der Waals surface area (Å²) in [5.41, 5.74) is -0.397. The van der Waals surface area contributed by atoms with Gasteiger partial charge in [-0.2, -0.15) is 0 Å². The van der Waals surface area contributed by atoms with E-state index < -0.39 is 18.2 Å². The Hall–Kier alpha value is -0.970. The molecule has 0 fully saturated rings. The first-order valence-electron chi connectivity index (χ1n) is 3.45. The summed E-state index contributed by atoms with van der Waals surface area (Å²) in [4.78, 5) is 3.44. The first kappa shape index (κ1) is 9.12. The summed E-state index contributed by atoms with van der Waals surface area (Å²) in [5, 5.41) is 8.94. The molecule has 1 atom stereocenters. The van der Waals surface area contributed by atoms with Crippen LogP contribution < -0.4 is 0 Å². The van der Waals surface area contributed by atoms with Crippen molar-refractivity contribution in [3.05, 3.63) is 17.3 Å².